The fourth-order valence-corrected chi connectivity index (χ4v) is 4.42. The molecule has 0 radical (unpaired) electrons. The average Bonchev–Trinajstić information content (AvgIpc) is 3.17. The van der Waals surface area contributed by atoms with Crippen molar-refractivity contribution in [2.45, 2.75) is 13.5 Å². The maximum absolute atomic E-state index is 12.8. The first-order valence-corrected chi connectivity index (χ1v) is 11.7. The highest BCUT2D eigenvalue weighted by atomic mass is 32.1. The molecular formula is C23H26N6O4S. The monoisotopic (exact) mass is 482 g/mol. The smallest absolute Gasteiger partial charge is 0.270 e. The van der Waals surface area contributed by atoms with Crippen molar-refractivity contribution in [1.82, 2.24) is 14.8 Å². The van der Waals surface area contributed by atoms with Crippen molar-refractivity contribution in [3.63, 3.8) is 0 Å². The number of aromatic nitrogens is 1. The van der Waals surface area contributed by atoms with Gasteiger partial charge in [-0.25, -0.2) is 0 Å². The van der Waals surface area contributed by atoms with Crippen LogP contribution in [-0.2, 0) is 16.1 Å². The molecule has 2 aromatic rings. The minimum absolute atomic E-state index is 0.200. The van der Waals surface area contributed by atoms with Crippen LogP contribution in [0, 0.1) is 22.7 Å². The molecule has 1 amide bonds. The summed E-state index contributed by atoms with van der Waals surface area (Å²) in [4.78, 5) is 27.4. The molecule has 1 aliphatic rings. The largest absolute Gasteiger partial charge is 0.492 e. The average molecular weight is 483 g/mol. The fraction of sp³-hybridized carbons (Fsp3) is 0.391. The lowest BCUT2D eigenvalue weighted by Gasteiger charge is -2.26. The van der Waals surface area contributed by atoms with Gasteiger partial charge in [-0.3, -0.25) is 19.1 Å². The molecule has 11 heteroatoms. The molecular weight excluding hydrogens is 456 g/mol. The van der Waals surface area contributed by atoms with E-state index in [1.54, 1.807) is 19.2 Å². The van der Waals surface area contributed by atoms with Crippen LogP contribution in [0.15, 0.2) is 29.1 Å². The van der Waals surface area contributed by atoms with Gasteiger partial charge in [0.15, 0.2) is 5.57 Å². The van der Waals surface area contributed by atoms with Gasteiger partial charge in [0.2, 0.25) is 0 Å². The van der Waals surface area contributed by atoms with E-state index >= 15 is 0 Å². The first-order chi connectivity index (χ1) is 16.6. The van der Waals surface area contributed by atoms with Crippen LogP contribution in [0.5, 0.6) is 5.75 Å². The molecule has 1 fully saturated rings. The summed E-state index contributed by atoms with van der Waals surface area (Å²) in [7, 11) is 0. The van der Waals surface area contributed by atoms with E-state index in [0.29, 0.717) is 23.4 Å². The lowest BCUT2D eigenvalue weighted by atomic mass is 10.3. The summed E-state index contributed by atoms with van der Waals surface area (Å²) in [5, 5.41) is 23.6. The van der Waals surface area contributed by atoms with Crippen LogP contribution in [0.25, 0.3) is 11.8 Å². The summed E-state index contributed by atoms with van der Waals surface area (Å²) in [6, 6.07) is 11.0. The summed E-state index contributed by atoms with van der Waals surface area (Å²) in [6.45, 7) is 6.51. The predicted octanol–water partition coefficient (Wildman–Crippen LogP) is -0.195. The van der Waals surface area contributed by atoms with E-state index in [1.807, 2.05) is 30.3 Å². The van der Waals surface area contributed by atoms with Crippen molar-refractivity contribution >= 4 is 34.7 Å². The van der Waals surface area contributed by atoms with Crippen molar-refractivity contribution in [2.75, 3.05) is 51.3 Å². The second-order valence-electron chi connectivity index (χ2n) is 7.27. The van der Waals surface area contributed by atoms with Gasteiger partial charge in [0.1, 0.15) is 34.2 Å². The molecule has 3 rings (SSSR count). The van der Waals surface area contributed by atoms with E-state index in [-0.39, 0.29) is 22.3 Å². The lowest BCUT2D eigenvalue weighted by molar-refractivity contribution is -0.115. The van der Waals surface area contributed by atoms with Crippen molar-refractivity contribution in [3.05, 3.63) is 43.8 Å². The van der Waals surface area contributed by atoms with Gasteiger partial charge in [0.05, 0.1) is 19.3 Å². The molecule has 0 saturated carbocycles. The summed E-state index contributed by atoms with van der Waals surface area (Å²) in [5.74, 6) is 0.0210. The number of rotatable bonds is 9. The Balaban J connectivity index is 1.76. The normalized spacial score (nSPS) is 15.2. The van der Waals surface area contributed by atoms with Crippen LogP contribution in [0.3, 0.4) is 0 Å². The second kappa shape index (κ2) is 12.6. The van der Waals surface area contributed by atoms with Gasteiger partial charge in [-0.2, -0.15) is 10.5 Å². The van der Waals surface area contributed by atoms with Crippen LogP contribution in [-0.4, -0.2) is 61.4 Å². The van der Waals surface area contributed by atoms with Crippen molar-refractivity contribution in [1.29, 1.82) is 10.5 Å². The Morgan fingerprint density at radius 3 is 2.82 bits per heavy atom. The van der Waals surface area contributed by atoms with E-state index in [1.165, 1.54) is 4.57 Å². The number of hydrogen-bond donors (Lipinski definition) is 2. The number of nitriles is 2. The van der Waals surface area contributed by atoms with Gasteiger partial charge in [0, 0.05) is 44.1 Å². The Bertz CT molecular complexity index is 1260. The fourth-order valence-electron chi connectivity index (χ4n) is 3.34. The quantitative estimate of drug-likeness (QED) is 0.470. The number of nitrogens with one attached hydrogen (secondary N) is 2. The molecule has 178 valence electrons. The predicted molar refractivity (Wildman–Crippen MR) is 128 cm³/mol. The lowest BCUT2D eigenvalue weighted by Crippen LogP contribution is -2.38. The number of thiazole rings is 1. The Hall–Kier alpha value is -3.64. The standard InChI is InChI=1S/C23H26N6O4S/c1-2-29-22(31)20(34-23(29)19(15-25)21(30)26-7-6-24)16-27-17-4-3-5-18(14-17)33-13-10-28-8-11-32-12-9-28/h3-5,14,16,27H,2,7-13H2,1H3,(H,26,30). The number of carbonyl (C=O) groups excluding carboxylic acids is 1. The van der Waals surface area contributed by atoms with E-state index in [2.05, 4.69) is 15.5 Å². The summed E-state index contributed by atoms with van der Waals surface area (Å²) >= 11 is 1.04. The number of morpholine rings is 1. The van der Waals surface area contributed by atoms with Crippen LogP contribution >= 0.6 is 11.3 Å². The van der Waals surface area contributed by atoms with E-state index in [4.69, 9.17) is 14.7 Å². The summed E-state index contributed by atoms with van der Waals surface area (Å²) < 4.78 is 13.2. The van der Waals surface area contributed by atoms with Crippen molar-refractivity contribution in [3.8, 4) is 17.9 Å². The third-order valence-corrected chi connectivity index (χ3v) is 6.22. The number of amides is 1. The number of nitrogens with zero attached hydrogens (tertiary/aromatic N) is 4. The molecule has 0 spiro atoms. The molecule has 1 aromatic carbocycles. The Kier molecular flexibility index (Phi) is 9.23. The molecule has 0 atom stereocenters. The van der Waals surface area contributed by atoms with Crippen LogP contribution in [0.2, 0.25) is 0 Å². The molecule has 34 heavy (non-hydrogen) atoms. The van der Waals surface area contributed by atoms with Crippen LogP contribution in [0.1, 0.15) is 6.92 Å². The van der Waals surface area contributed by atoms with Crippen LogP contribution in [0.4, 0.5) is 5.69 Å². The molecule has 10 nitrogen and oxygen atoms in total. The zero-order valence-corrected chi connectivity index (χ0v) is 19.7. The van der Waals surface area contributed by atoms with Crippen molar-refractivity contribution < 1.29 is 14.3 Å². The highest BCUT2D eigenvalue weighted by molar-refractivity contribution is 7.07. The minimum atomic E-state index is -0.686. The van der Waals surface area contributed by atoms with Gasteiger partial charge in [-0.1, -0.05) is 6.07 Å². The zero-order valence-electron chi connectivity index (χ0n) is 18.9. The molecule has 2 heterocycles. The maximum atomic E-state index is 12.8. The third-order valence-electron chi connectivity index (χ3n) is 5.09. The Labute approximate surface area is 200 Å². The summed E-state index contributed by atoms with van der Waals surface area (Å²) in [5.41, 5.74) is 0.223. The third kappa shape index (κ3) is 6.45. The first-order valence-electron chi connectivity index (χ1n) is 10.9. The number of anilines is 1. The van der Waals surface area contributed by atoms with Crippen LogP contribution < -0.4 is 30.1 Å². The molecule has 0 bridgehead atoms. The van der Waals surface area contributed by atoms with Gasteiger partial charge < -0.3 is 20.1 Å². The SMILES string of the molecule is CCn1c(=C(C#N)C(=O)NCC#N)sc(=CNc2cccc(OCCN3CCOCC3)c2)c1=O. The van der Waals surface area contributed by atoms with E-state index < -0.39 is 5.91 Å². The number of hydrogen-bond acceptors (Lipinski definition) is 9. The van der Waals surface area contributed by atoms with Gasteiger partial charge in [0.25, 0.3) is 11.5 Å². The number of benzene rings is 1. The van der Waals surface area contributed by atoms with Gasteiger partial charge in [-0.05, 0) is 19.1 Å². The Morgan fingerprint density at radius 1 is 1.32 bits per heavy atom. The number of ether oxygens (including phenoxy) is 2. The molecule has 0 unspecified atom stereocenters. The molecule has 0 aliphatic carbocycles. The molecule has 1 aromatic heterocycles. The summed E-state index contributed by atoms with van der Waals surface area (Å²) in [6.07, 6.45) is 1.55. The molecule has 1 aliphatic heterocycles. The number of carbonyl (C=O) groups is 1. The maximum Gasteiger partial charge on any atom is 0.270 e. The highest BCUT2D eigenvalue weighted by Crippen LogP contribution is 2.17. The molecule has 2 N–H and O–H groups in total. The first kappa shape index (κ1) is 25.0. The van der Waals surface area contributed by atoms with E-state index in [0.717, 1.165) is 49.9 Å². The zero-order chi connectivity index (χ0) is 24.3. The van der Waals surface area contributed by atoms with E-state index in [9.17, 15) is 14.9 Å². The topological polar surface area (TPSA) is 132 Å². The second-order valence-corrected chi connectivity index (χ2v) is 8.30. The minimum Gasteiger partial charge on any atom is -0.492 e. The van der Waals surface area contributed by atoms with Gasteiger partial charge in [-0.15, -0.1) is 11.3 Å². The Morgan fingerprint density at radius 2 is 2.12 bits per heavy atom. The molecule has 1 saturated heterocycles. The highest BCUT2D eigenvalue weighted by Gasteiger charge is 2.15. The van der Waals surface area contributed by atoms with Crippen molar-refractivity contribution in [2.24, 2.45) is 0 Å². The van der Waals surface area contributed by atoms with Gasteiger partial charge >= 0.3 is 0 Å².